The highest BCUT2D eigenvalue weighted by Gasteiger charge is 2.27. The molecular weight excluding hydrogens is 466 g/mol. The summed E-state index contributed by atoms with van der Waals surface area (Å²) in [7, 11) is -2.49. The lowest BCUT2D eigenvalue weighted by molar-refractivity contribution is -0.114. The summed E-state index contributed by atoms with van der Waals surface area (Å²) in [5, 5.41) is 2.82. The lowest BCUT2D eigenvalue weighted by Gasteiger charge is -2.29. The molecule has 1 N–H and O–H groups in total. The zero-order valence-corrected chi connectivity index (χ0v) is 20.6. The molecule has 0 radical (unpaired) electrons. The molecule has 1 aliphatic heterocycles. The van der Waals surface area contributed by atoms with Gasteiger partial charge in [-0.2, -0.15) is 0 Å². The highest BCUT2D eigenvalue weighted by atomic mass is 32.2. The Morgan fingerprint density at radius 2 is 1.60 bits per heavy atom. The molecular formula is C26H29N3O5S. The van der Waals surface area contributed by atoms with E-state index in [1.165, 1.54) is 19.2 Å². The van der Waals surface area contributed by atoms with Gasteiger partial charge >= 0.3 is 0 Å². The highest BCUT2D eigenvalue weighted by molar-refractivity contribution is 7.92. The Kier molecular flexibility index (Phi) is 7.57. The van der Waals surface area contributed by atoms with Crippen molar-refractivity contribution in [2.24, 2.45) is 0 Å². The van der Waals surface area contributed by atoms with Crippen LogP contribution in [0.1, 0.15) is 5.56 Å². The van der Waals surface area contributed by atoms with Crippen LogP contribution in [0, 0.1) is 6.92 Å². The molecule has 1 aliphatic rings. The van der Waals surface area contributed by atoms with Gasteiger partial charge in [0.1, 0.15) is 12.3 Å². The molecule has 1 fully saturated rings. The number of anilines is 3. The minimum absolute atomic E-state index is 0.0709. The number of sulfonamides is 1. The molecule has 4 rings (SSSR count). The Bertz CT molecular complexity index is 1240. The van der Waals surface area contributed by atoms with Gasteiger partial charge in [0.2, 0.25) is 5.91 Å². The Balaban J connectivity index is 1.53. The van der Waals surface area contributed by atoms with Crippen molar-refractivity contribution in [2.75, 3.05) is 54.5 Å². The molecule has 1 amide bonds. The van der Waals surface area contributed by atoms with Crippen LogP contribution in [0.25, 0.3) is 0 Å². The number of aryl methyl sites for hydroxylation is 1. The van der Waals surface area contributed by atoms with Crippen molar-refractivity contribution in [2.45, 2.75) is 11.8 Å². The number of ether oxygens (including phenoxy) is 2. The van der Waals surface area contributed by atoms with Crippen molar-refractivity contribution in [3.05, 3.63) is 78.4 Å². The quantitative estimate of drug-likeness (QED) is 0.513. The van der Waals surface area contributed by atoms with Crippen LogP contribution in [-0.2, 0) is 19.6 Å². The molecule has 0 spiro atoms. The molecule has 35 heavy (non-hydrogen) atoms. The summed E-state index contributed by atoms with van der Waals surface area (Å²) in [6.45, 7) is 4.56. The van der Waals surface area contributed by atoms with Gasteiger partial charge in [-0.05, 0) is 67.6 Å². The average Bonchev–Trinajstić information content (AvgIpc) is 2.89. The fourth-order valence-electron chi connectivity index (χ4n) is 3.81. The Morgan fingerprint density at radius 1 is 0.971 bits per heavy atom. The van der Waals surface area contributed by atoms with Gasteiger partial charge < -0.3 is 19.7 Å². The van der Waals surface area contributed by atoms with Gasteiger partial charge in [0.15, 0.2) is 0 Å². The lowest BCUT2D eigenvalue weighted by Crippen LogP contribution is -2.38. The fraction of sp³-hybridized carbons (Fsp3) is 0.269. The summed E-state index contributed by atoms with van der Waals surface area (Å²) < 4.78 is 38.7. The van der Waals surface area contributed by atoms with Gasteiger partial charge in [0, 0.05) is 24.5 Å². The molecule has 0 atom stereocenters. The number of morpholine rings is 1. The summed E-state index contributed by atoms with van der Waals surface area (Å²) in [6, 6.07) is 20.6. The molecule has 1 heterocycles. The van der Waals surface area contributed by atoms with Gasteiger partial charge in [0.25, 0.3) is 10.0 Å². The van der Waals surface area contributed by atoms with Gasteiger partial charge in [-0.1, -0.05) is 17.7 Å². The zero-order chi connectivity index (χ0) is 24.8. The minimum Gasteiger partial charge on any atom is -0.497 e. The maximum Gasteiger partial charge on any atom is 0.264 e. The van der Waals surface area contributed by atoms with Crippen LogP contribution in [0.5, 0.6) is 5.75 Å². The van der Waals surface area contributed by atoms with Crippen LogP contribution in [0.4, 0.5) is 17.1 Å². The molecule has 1 saturated heterocycles. The molecule has 9 heteroatoms. The van der Waals surface area contributed by atoms with Gasteiger partial charge in [-0.25, -0.2) is 8.42 Å². The predicted octanol–water partition coefficient (Wildman–Crippen LogP) is 3.67. The number of hydrogen-bond donors (Lipinski definition) is 1. The number of carbonyl (C=O) groups excluding carboxylic acids is 1. The van der Waals surface area contributed by atoms with E-state index >= 15 is 0 Å². The van der Waals surface area contributed by atoms with Crippen molar-refractivity contribution in [1.82, 2.24) is 0 Å². The number of carbonyl (C=O) groups is 1. The monoisotopic (exact) mass is 495 g/mol. The van der Waals surface area contributed by atoms with E-state index in [4.69, 9.17) is 9.47 Å². The summed E-state index contributed by atoms with van der Waals surface area (Å²) in [5.74, 6) is 0.103. The van der Waals surface area contributed by atoms with Crippen LogP contribution in [-0.4, -0.2) is 54.3 Å². The Labute approximate surface area is 206 Å². The lowest BCUT2D eigenvalue weighted by atomic mass is 10.2. The first-order valence-electron chi connectivity index (χ1n) is 11.3. The summed E-state index contributed by atoms with van der Waals surface area (Å²) in [6.07, 6.45) is 0. The second-order valence-corrected chi connectivity index (χ2v) is 10.1. The molecule has 0 unspecified atom stereocenters. The summed E-state index contributed by atoms with van der Waals surface area (Å²) >= 11 is 0. The first-order chi connectivity index (χ1) is 16.9. The normalized spacial score (nSPS) is 13.8. The second kappa shape index (κ2) is 10.8. The highest BCUT2D eigenvalue weighted by Crippen LogP contribution is 2.26. The Morgan fingerprint density at radius 3 is 2.20 bits per heavy atom. The van der Waals surface area contributed by atoms with E-state index < -0.39 is 15.9 Å². The minimum atomic E-state index is -4.00. The summed E-state index contributed by atoms with van der Waals surface area (Å²) in [4.78, 5) is 15.3. The molecule has 0 aromatic heterocycles. The number of nitrogens with zero attached hydrogens (tertiary/aromatic N) is 2. The third-order valence-corrected chi connectivity index (χ3v) is 7.57. The maximum absolute atomic E-state index is 13.5. The van der Waals surface area contributed by atoms with E-state index in [0.717, 1.165) is 28.6 Å². The van der Waals surface area contributed by atoms with Crippen LogP contribution in [0.3, 0.4) is 0 Å². The van der Waals surface area contributed by atoms with Crippen molar-refractivity contribution < 1.29 is 22.7 Å². The van der Waals surface area contributed by atoms with E-state index in [1.54, 1.807) is 24.3 Å². The third kappa shape index (κ3) is 5.93. The topological polar surface area (TPSA) is 88.2 Å². The van der Waals surface area contributed by atoms with E-state index in [2.05, 4.69) is 10.2 Å². The summed E-state index contributed by atoms with van der Waals surface area (Å²) in [5.41, 5.74) is 3.04. The van der Waals surface area contributed by atoms with Crippen molar-refractivity contribution in [3.63, 3.8) is 0 Å². The van der Waals surface area contributed by atoms with Crippen LogP contribution in [0.2, 0.25) is 0 Å². The molecule has 3 aromatic carbocycles. The third-order valence-electron chi connectivity index (χ3n) is 5.78. The number of amides is 1. The van der Waals surface area contributed by atoms with Crippen molar-refractivity contribution in [1.29, 1.82) is 0 Å². The SMILES string of the molecule is COc1ccc(S(=O)(=O)N(CC(=O)Nc2ccc(N3CCOCC3)cc2)c2ccc(C)cc2)cc1. The van der Waals surface area contributed by atoms with Crippen molar-refractivity contribution in [3.8, 4) is 5.75 Å². The largest absolute Gasteiger partial charge is 0.497 e. The zero-order valence-electron chi connectivity index (χ0n) is 19.8. The first kappa shape index (κ1) is 24.6. The number of rotatable bonds is 8. The molecule has 0 aliphatic carbocycles. The van der Waals surface area contributed by atoms with E-state index in [1.807, 2.05) is 43.3 Å². The van der Waals surface area contributed by atoms with Crippen LogP contribution >= 0.6 is 0 Å². The second-order valence-electron chi connectivity index (χ2n) is 8.22. The van der Waals surface area contributed by atoms with E-state index in [9.17, 15) is 13.2 Å². The van der Waals surface area contributed by atoms with Crippen LogP contribution < -0.4 is 19.3 Å². The van der Waals surface area contributed by atoms with Crippen LogP contribution in [0.15, 0.2) is 77.7 Å². The molecule has 0 saturated carbocycles. The maximum atomic E-state index is 13.5. The van der Waals surface area contributed by atoms with E-state index in [0.29, 0.717) is 30.3 Å². The van der Waals surface area contributed by atoms with E-state index in [-0.39, 0.29) is 11.4 Å². The predicted molar refractivity (Wildman–Crippen MR) is 137 cm³/mol. The number of hydrogen-bond acceptors (Lipinski definition) is 6. The Hall–Kier alpha value is -3.56. The fourth-order valence-corrected chi connectivity index (χ4v) is 5.23. The molecule has 3 aromatic rings. The average molecular weight is 496 g/mol. The van der Waals surface area contributed by atoms with Gasteiger partial charge in [0.05, 0.1) is 30.9 Å². The number of benzene rings is 3. The smallest absolute Gasteiger partial charge is 0.264 e. The number of nitrogens with one attached hydrogen (secondary N) is 1. The standard InChI is InChI=1S/C26H29N3O5S/c1-20-3-7-23(8-4-20)29(35(31,32)25-13-11-24(33-2)12-14-25)19-26(30)27-21-5-9-22(10-6-21)28-15-17-34-18-16-28/h3-14H,15-19H2,1-2H3,(H,27,30). The molecule has 184 valence electrons. The van der Waals surface area contributed by atoms with Gasteiger partial charge in [-0.3, -0.25) is 9.10 Å². The first-order valence-corrected chi connectivity index (χ1v) is 12.8. The van der Waals surface area contributed by atoms with Crippen molar-refractivity contribution >= 4 is 33.0 Å². The molecule has 8 nitrogen and oxygen atoms in total. The van der Waals surface area contributed by atoms with Gasteiger partial charge in [-0.15, -0.1) is 0 Å². The number of methoxy groups -OCH3 is 1. The molecule has 0 bridgehead atoms.